The third-order valence-electron chi connectivity index (χ3n) is 3.02. The molecule has 0 aliphatic rings. The third kappa shape index (κ3) is 2.71. The van der Waals surface area contributed by atoms with Gasteiger partial charge in [0.25, 0.3) is 0 Å². The van der Waals surface area contributed by atoms with Crippen molar-refractivity contribution in [1.82, 2.24) is 20.2 Å². The summed E-state index contributed by atoms with van der Waals surface area (Å²) in [5.41, 5.74) is 7.65. The van der Waals surface area contributed by atoms with Gasteiger partial charge in [0.1, 0.15) is 0 Å². The average Bonchev–Trinajstić information content (AvgIpc) is 2.92. The van der Waals surface area contributed by atoms with Crippen LogP contribution in [0.3, 0.4) is 0 Å². The summed E-state index contributed by atoms with van der Waals surface area (Å²) in [5, 5.41) is 11.3. The first-order chi connectivity index (χ1) is 10.1. The van der Waals surface area contributed by atoms with Crippen molar-refractivity contribution >= 4 is 5.69 Å². The standard InChI is InChI=1S/C14H11F2N5/c15-12-6-3-10(7-13(12)16)14-18-19-20-21(14)8-9-1-4-11(17)5-2-9/h1-7H,8,17H2. The molecule has 5 nitrogen and oxygen atoms in total. The van der Waals surface area contributed by atoms with Gasteiger partial charge in [-0.1, -0.05) is 12.1 Å². The number of nitrogens with zero attached hydrogens (tertiary/aromatic N) is 4. The summed E-state index contributed by atoms with van der Waals surface area (Å²) in [6.45, 7) is 0.404. The highest BCUT2D eigenvalue weighted by molar-refractivity contribution is 5.54. The Morgan fingerprint density at radius 3 is 2.48 bits per heavy atom. The largest absolute Gasteiger partial charge is 0.399 e. The number of anilines is 1. The molecule has 0 saturated heterocycles. The smallest absolute Gasteiger partial charge is 0.182 e. The van der Waals surface area contributed by atoms with Crippen molar-refractivity contribution in [1.29, 1.82) is 0 Å². The summed E-state index contributed by atoms with van der Waals surface area (Å²) >= 11 is 0. The maximum Gasteiger partial charge on any atom is 0.182 e. The van der Waals surface area contributed by atoms with E-state index in [1.807, 2.05) is 12.1 Å². The molecule has 0 saturated carbocycles. The molecule has 21 heavy (non-hydrogen) atoms. The minimum Gasteiger partial charge on any atom is -0.399 e. The molecular weight excluding hydrogens is 276 g/mol. The third-order valence-corrected chi connectivity index (χ3v) is 3.02. The second kappa shape index (κ2) is 5.28. The van der Waals surface area contributed by atoms with E-state index in [0.717, 1.165) is 17.7 Å². The van der Waals surface area contributed by atoms with Crippen LogP contribution in [0.2, 0.25) is 0 Å². The lowest BCUT2D eigenvalue weighted by atomic mass is 10.2. The van der Waals surface area contributed by atoms with Crippen LogP contribution < -0.4 is 5.73 Å². The first-order valence-electron chi connectivity index (χ1n) is 6.19. The highest BCUT2D eigenvalue weighted by Gasteiger charge is 2.12. The Morgan fingerprint density at radius 1 is 1.00 bits per heavy atom. The Morgan fingerprint density at radius 2 is 1.76 bits per heavy atom. The Kier molecular flexibility index (Phi) is 3.31. The van der Waals surface area contributed by atoms with Gasteiger partial charge in [-0.15, -0.1) is 5.10 Å². The van der Waals surface area contributed by atoms with Gasteiger partial charge in [0.15, 0.2) is 17.5 Å². The highest BCUT2D eigenvalue weighted by Crippen LogP contribution is 2.19. The minimum atomic E-state index is -0.936. The molecule has 0 atom stereocenters. The van der Waals surface area contributed by atoms with Crippen molar-refractivity contribution in [3.8, 4) is 11.4 Å². The normalized spacial score (nSPS) is 10.8. The van der Waals surface area contributed by atoms with E-state index < -0.39 is 11.6 Å². The van der Waals surface area contributed by atoms with Crippen LogP contribution in [0.1, 0.15) is 5.56 Å². The maximum absolute atomic E-state index is 13.3. The topological polar surface area (TPSA) is 69.6 Å². The summed E-state index contributed by atoms with van der Waals surface area (Å²) in [6, 6.07) is 10.8. The fraction of sp³-hybridized carbons (Fsp3) is 0.0714. The van der Waals surface area contributed by atoms with E-state index >= 15 is 0 Å². The van der Waals surface area contributed by atoms with Crippen LogP contribution in [0.25, 0.3) is 11.4 Å². The fourth-order valence-corrected chi connectivity index (χ4v) is 1.95. The van der Waals surface area contributed by atoms with E-state index in [1.165, 1.54) is 10.7 Å². The van der Waals surface area contributed by atoms with Gasteiger partial charge in [-0.05, 0) is 46.3 Å². The predicted octanol–water partition coefficient (Wildman–Crippen LogP) is 2.25. The molecule has 0 unspecified atom stereocenters. The lowest BCUT2D eigenvalue weighted by Crippen LogP contribution is -2.05. The number of nitrogens with two attached hydrogens (primary N) is 1. The molecule has 0 aliphatic heterocycles. The zero-order chi connectivity index (χ0) is 14.8. The number of nitrogen functional groups attached to an aromatic ring is 1. The molecular formula is C14H11F2N5. The average molecular weight is 287 g/mol. The predicted molar refractivity (Wildman–Crippen MR) is 73.1 cm³/mol. The molecule has 2 N–H and O–H groups in total. The van der Waals surface area contributed by atoms with E-state index in [4.69, 9.17) is 5.73 Å². The van der Waals surface area contributed by atoms with E-state index in [-0.39, 0.29) is 0 Å². The van der Waals surface area contributed by atoms with Crippen LogP contribution in [0.4, 0.5) is 14.5 Å². The zero-order valence-electron chi connectivity index (χ0n) is 10.9. The van der Waals surface area contributed by atoms with Crippen LogP contribution in [0.15, 0.2) is 42.5 Å². The van der Waals surface area contributed by atoms with Gasteiger partial charge in [0.05, 0.1) is 6.54 Å². The summed E-state index contributed by atoms with van der Waals surface area (Å²) in [6.07, 6.45) is 0. The first-order valence-corrected chi connectivity index (χ1v) is 6.19. The van der Waals surface area contributed by atoms with Crippen molar-refractivity contribution in [2.75, 3.05) is 5.73 Å². The lowest BCUT2D eigenvalue weighted by Gasteiger charge is -2.05. The summed E-state index contributed by atoms with van der Waals surface area (Å²) in [7, 11) is 0. The fourth-order valence-electron chi connectivity index (χ4n) is 1.95. The van der Waals surface area contributed by atoms with Crippen molar-refractivity contribution in [2.45, 2.75) is 6.54 Å². The van der Waals surface area contributed by atoms with E-state index in [0.29, 0.717) is 23.6 Å². The monoisotopic (exact) mass is 287 g/mol. The maximum atomic E-state index is 13.3. The van der Waals surface area contributed by atoms with Gasteiger partial charge in [0.2, 0.25) is 0 Å². The lowest BCUT2D eigenvalue weighted by molar-refractivity contribution is 0.509. The number of hydrogen-bond acceptors (Lipinski definition) is 4. The summed E-state index contributed by atoms with van der Waals surface area (Å²) in [4.78, 5) is 0. The quantitative estimate of drug-likeness (QED) is 0.750. The molecule has 3 aromatic rings. The summed E-state index contributed by atoms with van der Waals surface area (Å²) in [5.74, 6) is -1.48. The molecule has 106 valence electrons. The molecule has 2 aromatic carbocycles. The van der Waals surface area contributed by atoms with Crippen molar-refractivity contribution < 1.29 is 8.78 Å². The number of benzene rings is 2. The first kappa shape index (κ1) is 13.2. The van der Waals surface area contributed by atoms with Gasteiger partial charge in [-0.25, -0.2) is 13.5 Å². The molecule has 1 heterocycles. The van der Waals surface area contributed by atoms with E-state index in [2.05, 4.69) is 15.5 Å². The highest BCUT2D eigenvalue weighted by atomic mass is 19.2. The summed E-state index contributed by atoms with van der Waals surface area (Å²) < 4.78 is 27.8. The Bertz CT molecular complexity index is 767. The molecule has 1 aromatic heterocycles. The number of hydrogen-bond donors (Lipinski definition) is 1. The van der Waals surface area contributed by atoms with Crippen molar-refractivity contribution in [3.05, 3.63) is 59.7 Å². The molecule has 0 radical (unpaired) electrons. The molecule has 7 heteroatoms. The Hall–Kier alpha value is -2.83. The molecule has 0 spiro atoms. The molecule has 0 bridgehead atoms. The van der Waals surface area contributed by atoms with Crippen molar-refractivity contribution in [3.63, 3.8) is 0 Å². The molecule has 3 rings (SSSR count). The Labute approximate surface area is 119 Å². The molecule has 0 amide bonds. The zero-order valence-corrected chi connectivity index (χ0v) is 10.9. The second-order valence-electron chi connectivity index (χ2n) is 4.53. The minimum absolute atomic E-state index is 0.366. The van der Waals surface area contributed by atoms with Gasteiger partial charge in [-0.2, -0.15) is 0 Å². The van der Waals surface area contributed by atoms with Crippen molar-refractivity contribution in [2.24, 2.45) is 0 Å². The number of tetrazole rings is 1. The van der Waals surface area contributed by atoms with Gasteiger partial charge >= 0.3 is 0 Å². The van der Waals surface area contributed by atoms with Crippen LogP contribution in [-0.4, -0.2) is 20.2 Å². The molecule has 0 fully saturated rings. The van der Waals surface area contributed by atoms with E-state index in [9.17, 15) is 8.78 Å². The Balaban J connectivity index is 1.93. The van der Waals surface area contributed by atoms with Gasteiger partial charge < -0.3 is 5.73 Å². The van der Waals surface area contributed by atoms with Crippen LogP contribution in [0, 0.1) is 11.6 Å². The van der Waals surface area contributed by atoms with Crippen LogP contribution >= 0.6 is 0 Å². The van der Waals surface area contributed by atoms with Crippen LogP contribution in [-0.2, 0) is 6.54 Å². The second-order valence-corrected chi connectivity index (χ2v) is 4.53. The van der Waals surface area contributed by atoms with Gasteiger partial charge in [-0.3, -0.25) is 0 Å². The number of rotatable bonds is 3. The number of aromatic nitrogens is 4. The van der Waals surface area contributed by atoms with Crippen LogP contribution in [0.5, 0.6) is 0 Å². The van der Waals surface area contributed by atoms with Gasteiger partial charge in [0, 0.05) is 11.3 Å². The molecule has 0 aliphatic carbocycles. The SMILES string of the molecule is Nc1ccc(Cn2nnnc2-c2ccc(F)c(F)c2)cc1. The van der Waals surface area contributed by atoms with E-state index in [1.54, 1.807) is 12.1 Å². The number of halogens is 2.